The predicted octanol–water partition coefficient (Wildman–Crippen LogP) is 3.23. The van der Waals surface area contributed by atoms with Gasteiger partial charge in [0.05, 0.1) is 12.0 Å². The van der Waals surface area contributed by atoms with E-state index in [0.29, 0.717) is 6.42 Å². The summed E-state index contributed by atoms with van der Waals surface area (Å²) in [6, 6.07) is 0. The minimum atomic E-state index is -0.719. The van der Waals surface area contributed by atoms with Gasteiger partial charge in [0.2, 0.25) is 0 Å². The third-order valence-electron chi connectivity index (χ3n) is 3.04. The van der Waals surface area contributed by atoms with E-state index in [0.717, 1.165) is 31.7 Å². The molecule has 104 valence electrons. The molecule has 1 aliphatic rings. The maximum atomic E-state index is 6.00. The summed E-state index contributed by atoms with van der Waals surface area (Å²) in [6.07, 6.45) is 11.6. The van der Waals surface area contributed by atoms with Crippen LogP contribution in [0.3, 0.4) is 0 Å². The fourth-order valence-corrected chi connectivity index (χ4v) is 2.26. The van der Waals surface area contributed by atoms with Crippen LogP contribution in [0.5, 0.6) is 0 Å². The van der Waals surface area contributed by atoms with E-state index in [1.165, 1.54) is 5.57 Å². The molecule has 1 heterocycles. The predicted molar refractivity (Wildman–Crippen MR) is 80.7 cm³/mol. The highest BCUT2D eigenvalue weighted by Gasteiger charge is 2.21. The summed E-state index contributed by atoms with van der Waals surface area (Å²) in [7, 11) is 0. The fraction of sp³-hybridized carbons (Fsp3) is 0.500. The Morgan fingerprint density at radius 2 is 2.32 bits per heavy atom. The van der Waals surface area contributed by atoms with E-state index in [1.54, 1.807) is 0 Å². The lowest BCUT2D eigenvalue weighted by molar-refractivity contribution is 0.596. The van der Waals surface area contributed by atoms with Gasteiger partial charge >= 0.3 is 0 Å². The standard InChI is InChI=1S/C14H19Cl2N3/c1-12-10-19(11-18-12)8-2-7-17-9-13-3-5-14(15,16)6-4-13/h3-5,10-11,17H,2,6-9H2,1H3. The van der Waals surface area contributed by atoms with Crippen molar-refractivity contribution in [2.24, 2.45) is 0 Å². The number of nitrogens with zero attached hydrogens (tertiary/aromatic N) is 2. The minimum Gasteiger partial charge on any atom is -0.337 e. The first-order valence-electron chi connectivity index (χ1n) is 6.50. The molecule has 5 heteroatoms. The van der Waals surface area contributed by atoms with Crippen molar-refractivity contribution in [2.75, 3.05) is 13.1 Å². The van der Waals surface area contributed by atoms with Crippen molar-refractivity contribution < 1.29 is 0 Å². The van der Waals surface area contributed by atoms with Crippen LogP contribution in [0.4, 0.5) is 0 Å². The van der Waals surface area contributed by atoms with Gasteiger partial charge in [-0.05, 0) is 31.5 Å². The molecule has 0 aromatic carbocycles. The zero-order valence-corrected chi connectivity index (χ0v) is 12.6. The fourth-order valence-electron chi connectivity index (χ4n) is 1.98. The molecule has 19 heavy (non-hydrogen) atoms. The van der Waals surface area contributed by atoms with E-state index in [-0.39, 0.29) is 0 Å². The van der Waals surface area contributed by atoms with Crippen LogP contribution in [0.15, 0.2) is 36.3 Å². The number of hydrogen-bond donors (Lipinski definition) is 1. The van der Waals surface area contributed by atoms with Crippen LogP contribution in [-0.4, -0.2) is 27.0 Å². The van der Waals surface area contributed by atoms with E-state index in [1.807, 2.05) is 25.4 Å². The van der Waals surface area contributed by atoms with Crippen molar-refractivity contribution in [3.63, 3.8) is 0 Å². The summed E-state index contributed by atoms with van der Waals surface area (Å²) in [5.74, 6) is 0. The number of alkyl halides is 2. The number of nitrogens with one attached hydrogen (secondary N) is 1. The lowest BCUT2D eigenvalue weighted by Gasteiger charge is -2.18. The highest BCUT2D eigenvalue weighted by molar-refractivity contribution is 6.50. The molecule has 2 rings (SSSR count). The second kappa shape index (κ2) is 6.60. The lowest BCUT2D eigenvalue weighted by Crippen LogP contribution is -2.21. The van der Waals surface area contributed by atoms with Crippen LogP contribution in [0.1, 0.15) is 18.5 Å². The van der Waals surface area contributed by atoms with Crippen molar-refractivity contribution in [1.82, 2.24) is 14.9 Å². The van der Waals surface area contributed by atoms with Crippen LogP contribution in [-0.2, 0) is 6.54 Å². The van der Waals surface area contributed by atoms with Gasteiger partial charge in [-0.3, -0.25) is 0 Å². The molecule has 1 aromatic heterocycles. The number of rotatable bonds is 6. The van der Waals surface area contributed by atoms with Gasteiger partial charge in [-0.15, -0.1) is 0 Å². The van der Waals surface area contributed by atoms with Crippen LogP contribution in [0.25, 0.3) is 0 Å². The molecule has 3 nitrogen and oxygen atoms in total. The maximum Gasteiger partial charge on any atom is 0.140 e. The number of halogens is 2. The molecular formula is C14H19Cl2N3. The number of hydrogen-bond acceptors (Lipinski definition) is 2. The van der Waals surface area contributed by atoms with Crippen LogP contribution < -0.4 is 5.32 Å². The maximum absolute atomic E-state index is 6.00. The van der Waals surface area contributed by atoms with Crippen molar-refractivity contribution in [2.45, 2.75) is 30.6 Å². The molecule has 0 spiro atoms. The quantitative estimate of drug-likeness (QED) is 0.646. The highest BCUT2D eigenvalue weighted by atomic mass is 35.5. The van der Waals surface area contributed by atoms with E-state index in [4.69, 9.17) is 23.2 Å². The average molecular weight is 300 g/mol. The van der Waals surface area contributed by atoms with Crippen molar-refractivity contribution >= 4 is 23.2 Å². The third-order valence-corrected chi connectivity index (χ3v) is 3.60. The smallest absolute Gasteiger partial charge is 0.140 e. The summed E-state index contributed by atoms with van der Waals surface area (Å²) in [6.45, 7) is 4.85. The molecule has 1 N–H and O–H groups in total. The molecule has 0 fully saturated rings. The molecule has 0 amide bonds. The Kier molecular flexibility index (Phi) is 5.08. The Hall–Kier alpha value is -0.770. The van der Waals surface area contributed by atoms with E-state index in [9.17, 15) is 0 Å². The van der Waals surface area contributed by atoms with Crippen LogP contribution in [0.2, 0.25) is 0 Å². The number of imidazole rings is 1. The molecule has 1 aliphatic carbocycles. The van der Waals surface area contributed by atoms with Gasteiger partial charge in [0.15, 0.2) is 0 Å². The largest absolute Gasteiger partial charge is 0.337 e. The highest BCUT2D eigenvalue weighted by Crippen LogP contribution is 2.31. The second-order valence-electron chi connectivity index (χ2n) is 4.86. The molecular weight excluding hydrogens is 281 g/mol. The first kappa shape index (κ1) is 14.6. The summed E-state index contributed by atoms with van der Waals surface area (Å²) in [5.41, 5.74) is 2.31. The van der Waals surface area contributed by atoms with Gasteiger partial charge in [-0.25, -0.2) is 4.98 Å². The number of aryl methyl sites for hydroxylation is 2. The molecule has 0 atom stereocenters. The molecule has 0 unspecified atom stereocenters. The molecule has 0 aliphatic heterocycles. The molecule has 0 saturated carbocycles. The first-order chi connectivity index (χ1) is 9.05. The lowest BCUT2D eigenvalue weighted by atomic mass is 10.1. The van der Waals surface area contributed by atoms with E-state index < -0.39 is 4.33 Å². The Labute approximate surface area is 124 Å². The van der Waals surface area contributed by atoms with E-state index in [2.05, 4.69) is 27.1 Å². The zero-order chi connectivity index (χ0) is 13.7. The summed E-state index contributed by atoms with van der Waals surface area (Å²) in [4.78, 5) is 4.20. The molecule has 1 aromatic rings. The van der Waals surface area contributed by atoms with Gasteiger partial charge < -0.3 is 9.88 Å². The Balaban J connectivity index is 1.60. The topological polar surface area (TPSA) is 29.9 Å². The Bertz CT molecular complexity index is 475. The normalized spacial score (nSPS) is 17.5. The summed E-state index contributed by atoms with van der Waals surface area (Å²) < 4.78 is 1.40. The van der Waals surface area contributed by atoms with E-state index >= 15 is 0 Å². The molecule has 0 saturated heterocycles. The second-order valence-corrected chi connectivity index (χ2v) is 6.40. The van der Waals surface area contributed by atoms with Gasteiger partial charge in [0.25, 0.3) is 0 Å². The molecule has 0 radical (unpaired) electrons. The van der Waals surface area contributed by atoms with Gasteiger partial charge in [-0.1, -0.05) is 35.4 Å². The van der Waals surface area contributed by atoms with Gasteiger partial charge in [0, 0.05) is 25.7 Å². The molecule has 0 bridgehead atoms. The Morgan fingerprint density at radius 1 is 1.47 bits per heavy atom. The van der Waals surface area contributed by atoms with Crippen LogP contribution >= 0.6 is 23.2 Å². The number of aromatic nitrogens is 2. The SMILES string of the molecule is Cc1cn(CCCNCC2=CCC(Cl)(Cl)C=C2)cn1. The zero-order valence-electron chi connectivity index (χ0n) is 11.1. The van der Waals surface area contributed by atoms with Gasteiger partial charge in [0.1, 0.15) is 4.33 Å². The number of allylic oxidation sites excluding steroid dienone is 2. The van der Waals surface area contributed by atoms with Gasteiger partial charge in [-0.2, -0.15) is 0 Å². The third kappa shape index (κ3) is 5.01. The minimum absolute atomic E-state index is 0.679. The van der Waals surface area contributed by atoms with Crippen molar-refractivity contribution in [3.8, 4) is 0 Å². The van der Waals surface area contributed by atoms with Crippen molar-refractivity contribution in [1.29, 1.82) is 0 Å². The first-order valence-corrected chi connectivity index (χ1v) is 7.26. The average Bonchev–Trinajstić information content (AvgIpc) is 2.77. The van der Waals surface area contributed by atoms with Crippen LogP contribution in [0, 0.1) is 6.92 Å². The summed E-state index contributed by atoms with van der Waals surface area (Å²) in [5, 5.41) is 3.42. The Morgan fingerprint density at radius 3 is 2.95 bits per heavy atom. The monoisotopic (exact) mass is 299 g/mol. The van der Waals surface area contributed by atoms with Crippen molar-refractivity contribution in [3.05, 3.63) is 42.0 Å². The summed E-state index contributed by atoms with van der Waals surface area (Å²) >= 11 is 12.0.